The molecule has 3 aromatic carbocycles. The lowest BCUT2D eigenvalue weighted by Gasteiger charge is -2.22. The van der Waals surface area contributed by atoms with Gasteiger partial charge in [0, 0.05) is 26.2 Å². The molecule has 0 spiro atoms. The molecule has 0 N–H and O–H groups in total. The number of amidine groups is 1. The van der Waals surface area contributed by atoms with Gasteiger partial charge in [0.2, 0.25) is 0 Å². The van der Waals surface area contributed by atoms with Crippen LogP contribution in [0.2, 0.25) is 0 Å². The van der Waals surface area contributed by atoms with Crippen molar-refractivity contribution in [3.8, 4) is 5.75 Å². The van der Waals surface area contributed by atoms with Crippen molar-refractivity contribution in [2.45, 2.75) is 12.5 Å². The van der Waals surface area contributed by atoms with Crippen LogP contribution in [-0.2, 0) is 4.79 Å². The third-order valence-corrected chi connectivity index (χ3v) is 7.00. The minimum Gasteiger partial charge on any atom is -0.497 e. The molecule has 0 aliphatic carbocycles. The van der Waals surface area contributed by atoms with Crippen LogP contribution in [0.3, 0.4) is 0 Å². The van der Waals surface area contributed by atoms with E-state index in [-0.39, 0.29) is 11.9 Å². The summed E-state index contributed by atoms with van der Waals surface area (Å²) in [6.07, 6.45) is 2.61. The number of carbonyl (C=O) groups excluding carboxylic acids is 1. The zero-order valence-electron chi connectivity index (χ0n) is 19.9. The van der Waals surface area contributed by atoms with E-state index in [1.54, 1.807) is 7.11 Å². The van der Waals surface area contributed by atoms with Crippen LogP contribution in [0.4, 0.5) is 5.69 Å². The molecule has 0 aromatic heterocycles. The van der Waals surface area contributed by atoms with Gasteiger partial charge in [0.25, 0.3) is 5.91 Å². The van der Waals surface area contributed by atoms with Crippen molar-refractivity contribution in [3.63, 3.8) is 0 Å². The van der Waals surface area contributed by atoms with Crippen molar-refractivity contribution in [1.29, 1.82) is 0 Å². The molecular weight excluding hydrogens is 456 g/mol. The fraction of sp³-hybridized carbons (Fsp3) is 0.179. The van der Waals surface area contributed by atoms with Gasteiger partial charge in [-0.3, -0.25) is 4.79 Å². The second-order valence-electron chi connectivity index (χ2n) is 8.55. The van der Waals surface area contributed by atoms with E-state index in [0.29, 0.717) is 10.1 Å². The van der Waals surface area contributed by atoms with Gasteiger partial charge < -0.3 is 9.64 Å². The van der Waals surface area contributed by atoms with Crippen molar-refractivity contribution in [3.05, 3.63) is 100 Å². The highest BCUT2D eigenvalue weighted by Gasteiger charge is 2.36. The fourth-order valence-electron chi connectivity index (χ4n) is 4.09. The van der Waals surface area contributed by atoms with Crippen molar-refractivity contribution in [2.24, 2.45) is 10.1 Å². The third-order valence-electron chi connectivity index (χ3n) is 6.03. The van der Waals surface area contributed by atoms with Crippen molar-refractivity contribution in [2.75, 3.05) is 26.1 Å². The number of ether oxygens (including phenoxy) is 1. The monoisotopic (exact) mass is 482 g/mol. The van der Waals surface area contributed by atoms with Crippen LogP contribution in [0.1, 0.15) is 29.2 Å². The second-order valence-corrected chi connectivity index (χ2v) is 9.56. The molecule has 2 heterocycles. The van der Waals surface area contributed by atoms with E-state index in [1.165, 1.54) is 11.8 Å². The summed E-state index contributed by atoms with van der Waals surface area (Å²) >= 11 is 1.37. The van der Waals surface area contributed by atoms with E-state index in [4.69, 9.17) is 9.84 Å². The smallest absolute Gasteiger partial charge is 0.286 e. The lowest BCUT2D eigenvalue weighted by molar-refractivity contribution is -0.113. The Hall–Kier alpha value is -3.84. The lowest BCUT2D eigenvalue weighted by atomic mass is 9.98. The highest BCUT2D eigenvalue weighted by atomic mass is 32.2. The van der Waals surface area contributed by atoms with Gasteiger partial charge in [-0.1, -0.05) is 54.6 Å². The van der Waals surface area contributed by atoms with Crippen LogP contribution in [0.25, 0.3) is 6.08 Å². The maximum atomic E-state index is 12.8. The standard InChI is InChI=1S/C28H26N4O2S/c1-31(2)22-13-9-19(10-14-22)17-26-27(33)29-28(35-26)32-25(21-11-15-23(34-3)16-12-21)18-24(30-32)20-7-5-4-6-8-20/h4-17,25H,18H2,1-3H3/b26-17-/t25-/m0/s1. The van der Waals surface area contributed by atoms with E-state index < -0.39 is 0 Å². The van der Waals surface area contributed by atoms with E-state index in [9.17, 15) is 4.79 Å². The van der Waals surface area contributed by atoms with E-state index in [2.05, 4.69) is 17.1 Å². The number of aliphatic imine (C=N–C) groups is 1. The highest BCUT2D eigenvalue weighted by molar-refractivity contribution is 8.18. The van der Waals surface area contributed by atoms with Crippen molar-refractivity contribution >= 4 is 40.3 Å². The first-order chi connectivity index (χ1) is 17.0. The van der Waals surface area contributed by atoms with Crippen LogP contribution in [0.5, 0.6) is 5.75 Å². The molecule has 0 saturated heterocycles. The number of anilines is 1. The van der Waals surface area contributed by atoms with Crippen LogP contribution in [0, 0.1) is 0 Å². The minimum atomic E-state index is -0.237. The van der Waals surface area contributed by atoms with Gasteiger partial charge in [0.05, 0.1) is 23.8 Å². The van der Waals surface area contributed by atoms with Gasteiger partial charge in [-0.25, -0.2) is 5.01 Å². The Morgan fingerprint density at radius 3 is 2.37 bits per heavy atom. The topological polar surface area (TPSA) is 57.5 Å². The first-order valence-electron chi connectivity index (χ1n) is 11.4. The summed E-state index contributed by atoms with van der Waals surface area (Å²) in [5.74, 6) is 0.564. The zero-order chi connectivity index (χ0) is 24.4. The number of hydrogen-bond donors (Lipinski definition) is 0. The molecule has 7 heteroatoms. The number of amides is 1. The summed E-state index contributed by atoms with van der Waals surface area (Å²) in [7, 11) is 5.66. The Labute approximate surface area is 209 Å². The molecule has 0 radical (unpaired) electrons. The first kappa shape index (κ1) is 22.9. The number of hydrogen-bond acceptors (Lipinski definition) is 6. The molecular formula is C28H26N4O2S. The van der Waals surface area contributed by atoms with E-state index in [1.807, 2.05) is 96.8 Å². The van der Waals surface area contributed by atoms with Crippen molar-refractivity contribution in [1.82, 2.24) is 5.01 Å². The molecule has 0 saturated carbocycles. The lowest BCUT2D eigenvalue weighted by Crippen LogP contribution is -2.23. The van der Waals surface area contributed by atoms with E-state index >= 15 is 0 Å². The molecule has 0 bridgehead atoms. The van der Waals surface area contributed by atoms with Gasteiger partial charge >= 0.3 is 0 Å². The Morgan fingerprint density at radius 2 is 1.71 bits per heavy atom. The van der Waals surface area contributed by atoms with Crippen LogP contribution >= 0.6 is 11.8 Å². The number of benzene rings is 3. The molecule has 2 aliphatic rings. The SMILES string of the molecule is COc1ccc([C@@H]2CC(c3ccccc3)=NN2C2=NC(=O)/C(=C/c3ccc(N(C)C)cc3)S2)cc1. The molecule has 6 nitrogen and oxygen atoms in total. The molecule has 1 atom stereocenters. The molecule has 35 heavy (non-hydrogen) atoms. The average Bonchev–Trinajstić information content (AvgIpc) is 3.49. The number of carbonyl (C=O) groups is 1. The zero-order valence-corrected chi connectivity index (χ0v) is 20.7. The summed E-state index contributed by atoms with van der Waals surface area (Å²) < 4.78 is 5.33. The maximum absolute atomic E-state index is 12.8. The summed E-state index contributed by atoms with van der Waals surface area (Å²) in [5.41, 5.74) is 5.20. The number of thioether (sulfide) groups is 1. The van der Waals surface area contributed by atoms with Gasteiger partial charge in [-0.05, 0) is 58.8 Å². The van der Waals surface area contributed by atoms with E-state index in [0.717, 1.165) is 40.3 Å². The number of hydrazone groups is 1. The number of methoxy groups -OCH3 is 1. The molecule has 2 aliphatic heterocycles. The Bertz CT molecular complexity index is 1310. The molecule has 5 rings (SSSR count). The molecule has 0 unspecified atom stereocenters. The number of rotatable bonds is 5. The molecule has 0 fully saturated rings. The first-order valence-corrected chi connectivity index (χ1v) is 12.2. The van der Waals surface area contributed by atoms with Crippen LogP contribution in [-0.4, -0.2) is 43.0 Å². The predicted molar refractivity (Wildman–Crippen MR) is 144 cm³/mol. The minimum absolute atomic E-state index is 0.0612. The third kappa shape index (κ3) is 4.86. The quantitative estimate of drug-likeness (QED) is 0.444. The predicted octanol–water partition coefficient (Wildman–Crippen LogP) is 5.58. The molecule has 1 amide bonds. The summed E-state index contributed by atoms with van der Waals surface area (Å²) in [6.45, 7) is 0. The average molecular weight is 483 g/mol. The van der Waals surface area contributed by atoms with Gasteiger partial charge in [0.15, 0.2) is 5.17 Å². The maximum Gasteiger partial charge on any atom is 0.286 e. The normalized spacial score (nSPS) is 18.6. The number of nitrogens with zero attached hydrogens (tertiary/aromatic N) is 4. The molecule has 176 valence electrons. The van der Waals surface area contributed by atoms with Crippen LogP contribution < -0.4 is 9.64 Å². The van der Waals surface area contributed by atoms with Gasteiger partial charge in [-0.15, -0.1) is 0 Å². The largest absolute Gasteiger partial charge is 0.497 e. The Morgan fingerprint density at radius 1 is 1.00 bits per heavy atom. The Balaban J connectivity index is 1.44. The second kappa shape index (κ2) is 9.80. The van der Waals surface area contributed by atoms with Gasteiger partial charge in [-0.2, -0.15) is 10.1 Å². The summed E-state index contributed by atoms with van der Waals surface area (Å²) in [6, 6.07) is 26.2. The fourth-order valence-corrected chi connectivity index (χ4v) is 5.01. The molecule has 3 aromatic rings. The van der Waals surface area contributed by atoms with Crippen LogP contribution in [0.15, 0.2) is 93.9 Å². The van der Waals surface area contributed by atoms with Crippen molar-refractivity contribution < 1.29 is 9.53 Å². The Kier molecular flexibility index (Phi) is 6.42. The van der Waals surface area contributed by atoms with Gasteiger partial charge in [0.1, 0.15) is 5.75 Å². The summed E-state index contributed by atoms with van der Waals surface area (Å²) in [5, 5.41) is 7.42. The summed E-state index contributed by atoms with van der Waals surface area (Å²) in [4.78, 5) is 19.8. The highest BCUT2D eigenvalue weighted by Crippen LogP contribution is 2.40.